The number of nitrogens with zero attached hydrogens (tertiary/aromatic N) is 2. The minimum Gasteiger partial charge on any atom is -0.310 e. The van der Waals surface area contributed by atoms with Crippen LogP contribution in [0.2, 0.25) is 0 Å². The van der Waals surface area contributed by atoms with Crippen LogP contribution in [0.5, 0.6) is 0 Å². The second kappa shape index (κ2) is 14.5. The first-order valence-electron chi connectivity index (χ1n) is 18.6. The molecule has 0 unspecified atom stereocenters. The lowest BCUT2D eigenvalue weighted by atomic mass is 9.82. The number of anilines is 6. The van der Waals surface area contributed by atoms with Gasteiger partial charge < -0.3 is 9.80 Å². The molecular formula is C51H38Br2N2. The maximum Gasteiger partial charge on any atom is 0.0540 e. The van der Waals surface area contributed by atoms with Gasteiger partial charge in [0.2, 0.25) is 0 Å². The first-order valence-corrected chi connectivity index (χ1v) is 20.2. The summed E-state index contributed by atoms with van der Waals surface area (Å²) in [4.78, 5) is 4.79. The summed E-state index contributed by atoms with van der Waals surface area (Å²) in [6.45, 7) is 4.71. The van der Waals surface area contributed by atoms with E-state index >= 15 is 0 Å². The summed E-state index contributed by atoms with van der Waals surface area (Å²) in [6.07, 6.45) is 0. The van der Waals surface area contributed by atoms with Crippen molar-refractivity contribution in [2.75, 3.05) is 9.80 Å². The zero-order valence-corrected chi connectivity index (χ0v) is 33.8. The standard InChI is InChI=1S/C51H38Br2N2/c1-51(2)47-31-29-41(54(39-25-21-37(52)22-26-39)49-19-11-9-17-43(49)35-13-5-3-6-14-35)33-45(47)46-34-42(30-32-48(46)51)55(40-27-23-38(53)24-28-40)50-20-12-10-18-44(50)36-15-7-4-8-16-36/h3-34H,1-2H3. The van der Waals surface area contributed by atoms with E-state index in [9.17, 15) is 0 Å². The van der Waals surface area contributed by atoms with Gasteiger partial charge in [0, 0.05) is 48.2 Å². The van der Waals surface area contributed by atoms with E-state index in [1.165, 1.54) is 44.5 Å². The van der Waals surface area contributed by atoms with Crippen LogP contribution in [-0.4, -0.2) is 0 Å². The third-order valence-electron chi connectivity index (χ3n) is 10.8. The molecular weight excluding hydrogens is 800 g/mol. The van der Waals surface area contributed by atoms with Crippen LogP contribution >= 0.6 is 31.9 Å². The van der Waals surface area contributed by atoms with Crippen LogP contribution in [0.15, 0.2) is 203 Å². The van der Waals surface area contributed by atoms with Gasteiger partial charge in [-0.25, -0.2) is 0 Å². The quantitative estimate of drug-likeness (QED) is 0.150. The van der Waals surface area contributed by atoms with Crippen molar-refractivity contribution >= 4 is 66.0 Å². The average molecular weight is 839 g/mol. The van der Waals surface area contributed by atoms with E-state index in [-0.39, 0.29) is 5.41 Å². The molecule has 9 rings (SSSR count). The molecule has 266 valence electrons. The minimum absolute atomic E-state index is 0.170. The lowest BCUT2D eigenvalue weighted by Crippen LogP contribution is -2.16. The van der Waals surface area contributed by atoms with Crippen molar-refractivity contribution in [2.45, 2.75) is 19.3 Å². The van der Waals surface area contributed by atoms with Gasteiger partial charge in [-0.1, -0.05) is 155 Å². The molecule has 0 heterocycles. The maximum atomic E-state index is 3.68. The zero-order valence-electron chi connectivity index (χ0n) is 30.6. The second-order valence-corrected chi connectivity index (χ2v) is 16.3. The maximum absolute atomic E-state index is 3.68. The second-order valence-electron chi connectivity index (χ2n) is 14.5. The predicted molar refractivity (Wildman–Crippen MR) is 240 cm³/mol. The Labute approximate surface area is 340 Å². The van der Waals surface area contributed by atoms with E-state index in [2.05, 4.69) is 250 Å². The van der Waals surface area contributed by atoms with Crippen molar-refractivity contribution in [3.63, 3.8) is 0 Å². The highest BCUT2D eigenvalue weighted by atomic mass is 79.9. The molecule has 4 heteroatoms. The molecule has 0 fully saturated rings. The van der Waals surface area contributed by atoms with Crippen LogP contribution < -0.4 is 9.80 Å². The van der Waals surface area contributed by atoms with Crippen LogP contribution in [0, 0.1) is 0 Å². The zero-order chi connectivity index (χ0) is 37.5. The monoisotopic (exact) mass is 836 g/mol. The van der Waals surface area contributed by atoms with Crippen LogP contribution in [0.25, 0.3) is 33.4 Å². The Morgan fingerprint density at radius 3 is 1.09 bits per heavy atom. The van der Waals surface area contributed by atoms with E-state index in [1.54, 1.807) is 0 Å². The van der Waals surface area contributed by atoms with Gasteiger partial charge in [-0.2, -0.15) is 0 Å². The molecule has 0 amide bonds. The Hall–Kier alpha value is -5.68. The molecule has 0 N–H and O–H groups in total. The molecule has 0 spiro atoms. The normalized spacial score (nSPS) is 12.5. The van der Waals surface area contributed by atoms with Crippen molar-refractivity contribution in [3.8, 4) is 33.4 Å². The van der Waals surface area contributed by atoms with Crippen molar-refractivity contribution < 1.29 is 0 Å². The third-order valence-corrected chi connectivity index (χ3v) is 11.8. The topological polar surface area (TPSA) is 6.48 Å². The van der Waals surface area contributed by atoms with Crippen LogP contribution in [0.3, 0.4) is 0 Å². The van der Waals surface area contributed by atoms with Gasteiger partial charge >= 0.3 is 0 Å². The van der Waals surface area contributed by atoms with E-state index < -0.39 is 0 Å². The van der Waals surface area contributed by atoms with Gasteiger partial charge in [0.15, 0.2) is 0 Å². The number of hydrogen-bond acceptors (Lipinski definition) is 2. The fraction of sp³-hybridized carbons (Fsp3) is 0.0588. The molecule has 0 aromatic heterocycles. The third kappa shape index (κ3) is 6.50. The number of halogens is 2. The van der Waals surface area contributed by atoms with Gasteiger partial charge in [-0.3, -0.25) is 0 Å². The summed E-state index contributed by atoms with van der Waals surface area (Å²) in [5, 5.41) is 0. The van der Waals surface area contributed by atoms with Gasteiger partial charge in [0.1, 0.15) is 0 Å². The minimum atomic E-state index is -0.170. The van der Waals surface area contributed by atoms with E-state index in [0.29, 0.717) is 0 Å². The number of hydrogen-bond donors (Lipinski definition) is 0. The Kier molecular flexibility index (Phi) is 9.25. The van der Waals surface area contributed by atoms with E-state index in [1.807, 2.05) is 0 Å². The molecule has 1 aliphatic rings. The Balaban J connectivity index is 1.23. The molecule has 2 nitrogen and oxygen atoms in total. The molecule has 8 aromatic carbocycles. The predicted octanol–water partition coefficient (Wildman–Crippen LogP) is 15.8. The van der Waals surface area contributed by atoms with Gasteiger partial charge in [-0.15, -0.1) is 0 Å². The lowest BCUT2D eigenvalue weighted by molar-refractivity contribution is 0.660. The fourth-order valence-electron chi connectivity index (χ4n) is 8.12. The number of rotatable bonds is 8. The van der Waals surface area contributed by atoms with Crippen LogP contribution in [-0.2, 0) is 5.41 Å². The van der Waals surface area contributed by atoms with Gasteiger partial charge in [0.05, 0.1) is 11.4 Å². The SMILES string of the molecule is CC1(C)c2ccc(N(c3ccc(Br)cc3)c3ccccc3-c3ccccc3)cc2-c2cc(N(c3ccc(Br)cc3)c3ccccc3-c3ccccc3)ccc21. The smallest absolute Gasteiger partial charge is 0.0540 e. The average Bonchev–Trinajstić information content (AvgIpc) is 3.45. The molecule has 0 saturated carbocycles. The number of benzene rings is 8. The highest BCUT2D eigenvalue weighted by Crippen LogP contribution is 2.53. The van der Waals surface area contributed by atoms with Crippen LogP contribution in [0.4, 0.5) is 34.1 Å². The summed E-state index contributed by atoms with van der Waals surface area (Å²) in [5.41, 5.74) is 16.4. The molecule has 0 bridgehead atoms. The van der Waals surface area contributed by atoms with Crippen molar-refractivity contribution in [2.24, 2.45) is 0 Å². The van der Waals surface area contributed by atoms with Gasteiger partial charge in [0.25, 0.3) is 0 Å². The largest absolute Gasteiger partial charge is 0.310 e. The first-order chi connectivity index (χ1) is 26.9. The fourth-order valence-corrected chi connectivity index (χ4v) is 8.65. The summed E-state index contributed by atoms with van der Waals surface area (Å²) in [5.74, 6) is 0. The Morgan fingerprint density at radius 2 is 0.691 bits per heavy atom. The number of para-hydroxylation sites is 2. The van der Waals surface area contributed by atoms with E-state index in [4.69, 9.17) is 0 Å². The molecule has 55 heavy (non-hydrogen) atoms. The molecule has 1 aliphatic carbocycles. The summed E-state index contributed by atoms with van der Waals surface area (Å²) < 4.78 is 2.10. The molecule has 8 aromatic rings. The highest BCUT2D eigenvalue weighted by Gasteiger charge is 2.37. The summed E-state index contributed by atoms with van der Waals surface area (Å²) in [6, 6.07) is 70.1. The molecule has 0 atom stereocenters. The summed E-state index contributed by atoms with van der Waals surface area (Å²) in [7, 11) is 0. The highest BCUT2D eigenvalue weighted by molar-refractivity contribution is 9.10. The number of fused-ring (bicyclic) bond motifs is 3. The van der Waals surface area contributed by atoms with Gasteiger partial charge in [-0.05, 0) is 118 Å². The lowest BCUT2D eigenvalue weighted by Gasteiger charge is -2.29. The van der Waals surface area contributed by atoms with Crippen molar-refractivity contribution in [1.82, 2.24) is 0 Å². The molecule has 0 saturated heterocycles. The Morgan fingerprint density at radius 1 is 0.345 bits per heavy atom. The summed E-state index contributed by atoms with van der Waals surface area (Å²) >= 11 is 7.36. The van der Waals surface area contributed by atoms with Crippen molar-refractivity contribution in [1.29, 1.82) is 0 Å². The Bertz CT molecular complexity index is 2450. The first kappa shape index (κ1) is 35.0. The van der Waals surface area contributed by atoms with Crippen molar-refractivity contribution in [3.05, 3.63) is 214 Å². The van der Waals surface area contributed by atoms with Crippen LogP contribution in [0.1, 0.15) is 25.0 Å². The molecule has 0 radical (unpaired) electrons. The van der Waals surface area contributed by atoms with E-state index in [0.717, 1.165) is 43.1 Å². The molecule has 0 aliphatic heterocycles.